The normalized spacial score (nSPS) is 10.7. The van der Waals surface area contributed by atoms with Crippen molar-refractivity contribution in [1.82, 2.24) is 25.2 Å². The van der Waals surface area contributed by atoms with Crippen LogP contribution in [0.25, 0.3) is 16.9 Å². The third-order valence-corrected chi connectivity index (χ3v) is 4.43. The van der Waals surface area contributed by atoms with E-state index in [0.29, 0.717) is 19.5 Å². The van der Waals surface area contributed by atoms with Gasteiger partial charge in [-0.3, -0.25) is 4.57 Å². The highest BCUT2D eigenvalue weighted by Gasteiger charge is 2.13. The van der Waals surface area contributed by atoms with Crippen LogP contribution in [-0.2, 0) is 13.0 Å². The molecule has 0 unspecified atom stereocenters. The van der Waals surface area contributed by atoms with Crippen molar-refractivity contribution in [1.29, 1.82) is 0 Å². The van der Waals surface area contributed by atoms with Crippen LogP contribution in [0.15, 0.2) is 79.0 Å². The molecule has 6 heteroatoms. The molecule has 2 heterocycles. The van der Waals surface area contributed by atoms with Crippen molar-refractivity contribution < 1.29 is 4.79 Å². The lowest BCUT2D eigenvalue weighted by Gasteiger charge is -2.10. The first kappa shape index (κ1) is 17.7. The molecule has 2 aromatic heterocycles. The standard InChI is InChI=1S/C22H21N5O/c28-22(25-16-17-8-3-1-4-9-17)24-15-13-20-26-19-12-7-14-23-21(19)27(20)18-10-5-2-6-11-18/h1-12,14H,13,15-16H2,(H2,24,25,28). The lowest BCUT2D eigenvalue weighted by molar-refractivity contribution is 0.240. The van der Waals surface area contributed by atoms with E-state index in [1.807, 2.05) is 77.4 Å². The van der Waals surface area contributed by atoms with Gasteiger partial charge in [-0.1, -0.05) is 48.5 Å². The van der Waals surface area contributed by atoms with Crippen molar-refractivity contribution in [2.24, 2.45) is 0 Å². The monoisotopic (exact) mass is 371 g/mol. The van der Waals surface area contributed by atoms with Crippen molar-refractivity contribution in [3.8, 4) is 5.69 Å². The molecule has 4 aromatic rings. The molecule has 0 saturated carbocycles. The van der Waals surface area contributed by atoms with Gasteiger partial charge in [-0.25, -0.2) is 14.8 Å². The zero-order valence-electron chi connectivity index (χ0n) is 15.4. The van der Waals surface area contributed by atoms with Crippen LogP contribution in [0, 0.1) is 0 Å². The van der Waals surface area contributed by atoms with Crippen molar-refractivity contribution in [2.45, 2.75) is 13.0 Å². The van der Waals surface area contributed by atoms with Gasteiger partial charge in [0.1, 0.15) is 11.3 Å². The fourth-order valence-corrected chi connectivity index (χ4v) is 3.10. The van der Waals surface area contributed by atoms with Crippen LogP contribution >= 0.6 is 0 Å². The number of imidazole rings is 1. The Hall–Kier alpha value is -3.67. The highest BCUT2D eigenvalue weighted by atomic mass is 16.2. The Morgan fingerprint density at radius 2 is 1.64 bits per heavy atom. The van der Waals surface area contributed by atoms with Crippen LogP contribution < -0.4 is 10.6 Å². The van der Waals surface area contributed by atoms with E-state index in [4.69, 9.17) is 4.98 Å². The first-order valence-corrected chi connectivity index (χ1v) is 9.24. The second-order valence-corrected chi connectivity index (χ2v) is 6.39. The summed E-state index contributed by atoms with van der Waals surface area (Å²) in [5, 5.41) is 5.77. The number of fused-ring (bicyclic) bond motifs is 1. The number of para-hydroxylation sites is 1. The third-order valence-electron chi connectivity index (χ3n) is 4.43. The summed E-state index contributed by atoms with van der Waals surface area (Å²) in [6, 6.07) is 23.5. The van der Waals surface area contributed by atoms with Gasteiger partial charge in [0.25, 0.3) is 0 Å². The van der Waals surface area contributed by atoms with Gasteiger partial charge in [-0.05, 0) is 29.8 Å². The SMILES string of the molecule is O=C(NCCc1nc2cccnc2n1-c1ccccc1)NCc1ccccc1. The molecule has 0 radical (unpaired) electrons. The molecule has 2 aromatic carbocycles. The Kier molecular flexibility index (Phi) is 5.29. The number of aromatic nitrogens is 3. The zero-order valence-corrected chi connectivity index (χ0v) is 15.4. The van der Waals surface area contributed by atoms with Crippen LogP contribution in [0.4, 0.5) is 4.79 Å². The van der Waals surface area contributed by atoms with Gasteiger partial charge >= 0.3 is 6.03 Å². The van der Waals surface area contributed by atoms with Crippen LogP contribution in [-0.4, -0.2) is 27.1 Å². The molecule has 0 aliphatic rings. The quantitative estimate of drug-likeness (QED) is 0.545. The number of amides is 2. The average Bonchev–Trinajstić information content (AvgIpc) is 3.12. The van der Waals surface area contributed by atoms with Crippen LogP contribution in [0.2, 0.25) is 0 Å². The molecule has 140 valence electrons. The Labute approximate surface area is 163 Å². The van der Waals surface area contributed by atoms with Crippen molar-refractivity contribution >= 4 is 17.2 Å². The number of rotatable bonds is 6. The minimum absolute atomic E-state index is 0.190. The van der Waals surface area contributed by atoms with Crippen molar-refractivity contribution in [3.05, 3.63) is 90.4 Å². The number of hydrogen-bond donors (Lipinski definition) is 2. The lowest BCUT2D eigenvalue weighted by atomic mass is 10.2. The Morgan fingerprint density at radius 3 is 2.43 bits per heavy atom. The number of nitrogens with one attached hydrogen (secondary N) is 2. The second-order valence-electron chi connectivity index (χ2n) is 6.39. The summed E-state index contributed by atoms with van der Waals surface area (Å²) in [4.78, 5) is 21.3. The van der Waals surface area contributed by atoms with E-state index >= 15 is 0 Å². The maximum atomic E-state index is 12.1. The minimum atomic E-state index is -0.190. The molecule has 4 rings (SSSR count). The lowest BCUT2D eigenvalue weighted by Crippen LogP contribution is -2.36. The average molecular weight is 371 g/mol. The van der Waals surface area contributed by atoms with Crippen molar-refractivity contribution in [2.75, 3.05) is 6.54 Å². The molecule has 0 bridgehead atoms. The summed E-state index contributed by atoms with van der Waals surface area (Å²) >= 11 is 0. The second kappa shape index (κ2) is 8.35. The summed E-state index contributed by atoms with van der Waals surface area (Å²) in [6.07, 6.45) is 2.37. The van der Waals surface area contributed by atoms with Gasteiger partial charge in [0.05, 0.1) is 0 Å². The predicted octanol–water partition coefficient (Wildman–Crippen LogP) is 3.46. The van der Waals surface area contributed by atoms with E-state index < -0.39 is 0 Å². The number of carbonyl (C=O) groups excluding carboxylic acids is 1. The number of urea groups is 1. The van der Waals surface area contributed by atoms with E-state index in [9.17, 15) is 4.79 Å². The first-order valence-electron chi connectivity index (χ1n) is 9.24. The topological polar surface area (TPSA) is 71.8 Å². The Morgan fingerprint density at radius 1 is 0.893 bits per heavy atom. The first-order chi connectivity index (χ1) is 13.8. The highest BCUT2D eigenvalue weighted by molar-refractivity contribution is 5.74. The molecular formula is C22H21N5O. The van der Waals surface area contributed by atoms with E-state index in [1.165, 1.54) is 0 Å². The van der Waals surface area contributed by atoms with Gasteiger partial charge in [0.2, 0.25) is 0 Å². The molecule has 0 aliphatic carbocycles. The zero-order chi connectivity index (χ0) is 19.2. The van der Waals surface area contributed by atoms with Gasteiger partial charge in [-0.15, -0.1) is 0 Å². The molecule has 0 fully saturated rings. The molecule has 0 saturated heterocycles. The number of benzene rings is 2. The minimum Gasteiger partial charge on any atom is -0.338 e. The molecule has 0 spiro atoms. The van der Waals surface area contributed by atoms with E-state index in [2.05, 4.69) is 15.6 Å². The van der Waals surface area contributed by atoms with Crippen molar-refractivity contribution in [3.63, 3.8) is 0 Å². The van der Waals surface area contributed by atoms with Gasteiger partial charge in [0.15, 0.2) is 5.65 Å². The molecular weight excluding hydrogens is 350 g/mol. The molecule has 2 amide bonds. The van der Waals surface area contributed by atoms with Gasteiger partial charge < -0.3 is 10.6 Å². The molecule has 0 atom stereocenters. The number of pyridine rings is 1. The summed E-state index contributed by atoms with van der Waals surface area (Å²) < 4.78 is 2.04. The molecule has 0 aliphatic heterocycles. The Bertz CT molecular complexity index is 1060. The number of nitrogens with zero attached hydrogens (tertiary/aromatic N) is 3. The van der Waals surface area contributed by atoms with Crippen LogP contribution in [0.3, 0.4) is 0 Å². The fourth-order valence-electron chi connectivity index (χ4n) is 3.10. The Balaban J connectivity index is 1.43. The molecule has 2 N–H and O–H groups in total. The third kappa shape index (κ3) is 4.01. The highest BCUT2D eigenvalue weighted by Crippen LogP contribution is 2.19. The van der Waals surface area contributed by atoms with E-state index in [0.717, 1.165) is 28.2 Å². The smallest absolute Gasteiger partial charge is 0.315 e. The molecule has 6 nitrogen and oxygen atoms in total. The summed E-state index contributed by atoms with van der Waals surface area (Å²) in [5.74, 6) is 0.864. The number of carbonyl (C=O) groups is 1. The number of hydrogen-bond acceptors (Lipinski definition) is 3. The van der Waals surface area contributed by atoms with E-state index in [1.54, 1.807) is 6.20 Å². The van der Waals surface area contributed by atoms with Crippen LogP contribution in [0.1, 0.15) is 11.4 Å². The summed E-state index contributed by atoms with van der Waals surface area (Å²) in [5.41, 5.74) is 3.73. The summed E-state index contributed by atoms with van der Waals surface area (Å²) in [6.45, 7) is 0.982. The maximum absolute atomic E-state index is 12.1. The predicted molar refractivity (Wildman–Crippen MR) is 109 cm³/mol. The van der Waals surface area contributed by atoms with Gasteiger partial charge in [-0.2, -0.15) is 0 Å². The van der Waals surface area contributed by atoms with Gasteiger partial charge in [0, 0.05) is 31.4 Å². The van der Waals surface area contributed by atoms with Crippen LogP contribution in [0.5, 0.6) is 0 Å². The maximum Gasteiger partial charge on any atom is 0.315 e. The van der Waals surface area contributed by atoms with E-state index in [-0.39, 0.29) is 6.03 Å². The largest absolute Gasteiger partial charge is 0.338 e. The summed E-state index contributed by atoms with van der Waals surface area (Å²) in [7, 11) is 0. The molecule has 28 heavy (non-hydrogen) atoms. The fraction of sp³-hybridized carbons (Fsp3) is 0.136.